The third-order valence-electron chi connectivity index (χ3n) is 4.29. The van der Waals surface area contributed by atoms with Gasteiger partial charge < -0.3 is 9.64 Å². The lowest BCUT2D eigenvalue weighted by Gasteiger charge is -2.33. The molecule has 0 fully saturated rings. The van der Waals surface area contributed by atoms with E-state index in [4.69, 9.17) is 21.3 Å². The van der Waals surface area contributed by atoms with Crippen molar-refractivity contribution < 1.29 is 13.9 Å². The summed E-state index contributed by atoms with van der Waals surface area (Å²) in [5, 5.41) is 2.52. The number of aliphatic imine (C=N–C) groups is 1. The van der Waals surface area contributed by atoms with Crippen molar-refractivity contribution in [3.63, 3.8) is 0 Å². The van der Waals surface area contributed by atoms with Crippen LogP contribution in [0.25, 0.3) is 0 Å². The molecule has 0 saturated heterocycles. The molecule has 0 spiro atoms. The van der Waals surface area contributed by atoms with E-state index in [0.717, 1.165) is 5.01 Å². The van der Waals surface area contributed by atoms with E-state index >= 15 is 0 Å². The zero-order chi connectivity index (χ0) is 19.6. The van der Waals surface area contributed by atoms with Crippen LogP contribution in [0.4, 0.5) is 4.39 Å². The third-order valence-corrected chi connectivity index (χ3v) is 5.45. The van der Waals surface area contributed by atoms with Gasteiger partial charge in [-0.3, -0.25) is 4.99 Å². The van der Waals surface area contributed by atoms with Crippen LogP contribution >= 0.6 is 22.9 Å². The van der Waals surface area contributed by atoms with Crippen LogP contribution in [0, 0.1) is 5.82 Å². The molecule has 1 atom stereocenters. The quantitative estimate of drug-likeness (QED) is 0.680. The first-order chi connectivity index (χ1) is 13.0. The lowest BCUT2D eigenvalue weighted by Crippen LogP contribution is -2.37. The molecule has 0 aliphatic carbocycles. The number of rotatable bonds is 5. The molecule has 8 heteroatoms. The first-order valence-electron chi connectivity index (χ1n) is 8.56. The van der Waals surface area contributed by atoms with Crippen LogP contribution in [-0.4, -0.2) is 34.8 Å². The van der Waals surface area contributed by atoms with E-state index in [9.17, 15) is 9.18 Å². The van der Waals surface area contributed by atoms with Crippen molar-refractivity contribution in [2.45, 2.75) is 26.8 Å². The number of halogens is 2. The van der Waals surface area contributed by atoms with E-state index in [1.54, 1.807) is 25.3 Å². The van der Waals surface area contributed by atoms with Gasteiger partial charge in [0.1, 0.15) is 11.9 Å². The summed E-state index contributed by atoms with van der Waals surface area (Å²) >= 11 is 7.66. The molecule has 2 heterocycles. The van der Waals surface area contributed by atoms with Crippen molar-refractivity contribution >= 4 is 34.7 Å². The van der Waals surface area contributed by atoms with Gasteiger partial charge >= 0.3 is 5.97 Å². The average Bonchev–Trinajstić information content (AvgIpc) is 3.18. The molecule has 1 aliphatic rings. The Labute approximate surface area is 166 Å². The number of ether oxygens (including phenoxy) is 1. The van der Waals surface area contributed by atoms with E-state index in [-0.39, 0.29) is 11.6 Å². The highest BCUT2D eigenvalue weighted by molar-refractivity contribution is 7.11. The molecule has 0 amide bonds. The Balaban J connectivity index is 2.22. The fourth-order valence-electron chi connectivity index (χ4n) is 3.08. The van der Waals surface area contributed by atoms with Crippen molar-refractivity contribution in [1.82, 2.24) is 9.88 Å². The number of benzene rings is 1. The fourth-order valence-corrected chi connectivity index (χ4v) is 3.94. The van der Waals surface area contributed by atoms with Gasteiger partial charge in [-0.05, 0) is 26.8 Å². The van der Waals surface area contributed by atoms with Crippen molar-refractivity contribution in [3.05, 3.63) is 62.5 Å². The highest BCUT2D eigenvalue weighted by Crippen LogP contribution is 2.39. The normalized spacial score (nSPS) is 17.1. The van der Waals surface area contributed by atoms with Crippen LogP contribution in [0.3, 0.4) is 0 Å². The van der Waals surface area contributed by atoms with Gasteiger partial charge in [-0.1, -0.05) is 23.7 Å². The molecule has 142 valence electrons. The number of thiazole rings is 1. The summed E-state index contributed by atoms with van der Waals surface area (Å²) in [4.78, 5) is 23.7. The molecular weight excluding hydrogens is 389 g/mol. The highest BCUT2D eigenvalue weighted by Gasteiger charge is 2.36. The summed E-state index contributed by atoms with van der Waals surface area (Å²) < 4.78 is 19.3. The van der Waals surface area contributed by atoms with Crippen LogP contribution in [-0.2, 0) is 9.53 Å². The summed E-state index contributed by atoms with van der Waals surface area (Å²) in [5.74, 6) is -0.414. The lowest BCUT2D eigenvalue weighted by atomic mass is 9.95. The van der Waals surface area contributed by atoms with Gasteiger partial charge in [0.05, 0.1) is 17.2 Å². The Hall–Kier alpha value is -2.25. The zero-order valence-corrected chi connectivity index (χ0v) is 16.8. The molecule has 2 aromatic rings. The minimum absolute atomic E-state index is 0.0516. The van der Waals surface area contributed by atoms with Gasteiger partial charge in [0.25, 0.3) is 0 Å². The number of esters is 1. The number of carbonyl (C=O) groups excluding carboxylic acids is 1. The minimum atomic E-state index is -0.769. The number of allylic oxidation sites excluding steroid dienone is 1. The molecule has 0 saturated carbocycles. The van der Waals surface area contributed by atoms with E-state index in [0.29, 0.717) is 29.2 Å². The van der Waals surface area contributed by atoms with Crippen molar-refractivity contribution in [2.24, 2.45) is 4.99 Å². The zero-order valence-electron chi connectivity index (χ0n) is 15.2. The van der Waals surface area contributed by atoms with Crippen molar-refractivity contribution in [1.29, 1.82) is 0 Å². The predicted octanol–water partition coefficient (Wildman–Crippen LogP) is 4.60. The Bertz CT molecular complexity index is 912. The van der Waals surface area contributed by atoms with E-state index < -0.39 is 17.8 Å². The van der Waals surface area contributed by atoms with E-state index in [1.165, 1.54) is 17.4 Å². The molecule has 1 aromatic heterocycles. The lowest BCUT2D eigenvalue weighted by molar-refractivity contribution is -0.139. The molecular formula is C19H19ClFN3O2S. The van der Waals surface area contributed by atoms with Gasteiger partial charge in [0.15, 0.2) is 10.8 Å². The number of aromatic nitrogens is 1. The molecule has 27 heavy (non-hydrogen) atoms. The van der Waals surface area contributed by atoms with Gasteiger partial charge in [0, 0.05) is 29.4 Å². The predicted molar refractivity (Wildman–Crippen MR) is 105 cm³/mol. The van der Waals surface area contributed by atoms with E-state index in [1.807, 2.05) is 24.1 Å². The van der Waals surface area contributed by atoms with Crippen molar-refractivity contribution in [3.8, 4) is 0 Å². The minimum Gasteiger partial charge on any atom is -0.463 e. The number of amidine groups is 1. The maximum Gasteiger partial charge on any atom is 0.338 e. The second-order valence-electron chi connectivity index (χ2n) is 5.80. The summed E-state index contributed by atoms with van der Waals surface area (Å²) in [6.45, 7) is 6.36. The molecule has 5 nitrogen and oxygen atoms in total. The summed E-state index contributed by atoms with van der Waals surface area (Å²) in [6, 6.07) is 3.74. The molecule has 1 aliphatic heterocycles. The Kier molecular flexibility index (Phi) is 5.92. The Morgan fingerprint density at radius 2 is 2.19 bits per heavy atom. The van der Waals surface area contributed by atoms with Crippen LogP contribution in [0.5, 0.6) is 0 Å². The standard InChI is InChI=1S/C19H19ClFN3O2S/c1-4-24-11(3)14(19(25)26-5-2)16(12-7-6-8-13(21)15(12)20)23-17(24)18-22-9-10-27-18/h6-10,16H,4-5H2,1-3H3. The van der Waals surface area contributed by atoms with Crippen LogP contribution in [0.1, 0.15) is 37.4 Å². The molecule has 1 aromatic carbocycles. The van der Waals surface area contributed by atoms with Gasteiger partial charge in [-0.25, -0.2) is 14.2 Å². The average molecular weight is 408 g/mol. The summed E-state index contributed by atoms with van der Waals surface area (Å²) in [7, 11) is 0. The summed E-state index contributed by atoms with van der Waals surface area (Å²) in [6.07, 6.45) is 1.69. The molecule has 1 unspecified atom stereocenters. The molecule has 3 rings (SSSR count). The van der Waals surface area contributed by atoms with Gasteiger partial charge in [-0.2, -0.15) is 0 Å². The number of carbonyl (C=O) groups is 1. The molecule has 0 bridgehead atoms. The molecule has 0 radical (unpaired) electrons. The number of hydrogen-bond donors (Lipinski definition) is 0. The maximum absolute atomic E-state index is 14.1. The van der Waals surface area contributed by atoms with Crippen LogP contribution in [0.2, 0.25) is 5.02 Å². The summed E-state index contributed by atoms with van der Waals surface area (Å²) in [5.41, 5.74) is 1.47. The SMILES string of the molecule is CCOC(=O)C1=C(C)N(CC)C(c2nccs2)=NC1c1cccc(F)c1Cl. The second kappa shape index (κ2) is 8.19. The van der Waals surface area contributed by atoms with Gasteiger partial charge in [0.2, 0.25) is 0 Å². The monoisotopic (exact) mass is 407 g/mol. The largest absolute Gasteiger partial charge is 0.463 e. The highest BCUT2D eigenvalue weighted by atomic mass is 35.5. The van der Waals surface area contributed by atoms with E-state index in [2.05, 4.69) is 4.98 Å². The molecule has 0 N–H and O–H groups in total. The maximum atomic E-state index is 14.1. The van der Waals surface area contributed by atoms with Crippen LogP contribution < -0.4 is 0 Å². The second-order valence-corrected chi connectivity index (χ2v) is 7.07. The Morgan fingerprint density at radius 1 is 1.41 bits per heavy atom. The van der Waals surface area contributed by atoms with Crippen molar-refractivity contribution in [2.75, 3.05) is 13.2 Å². The van der Waals surface area contributed by atoms with Gasteiger partial charge in [-0.15, -0.1) is 11.3 Å². The fraction of sp³-hybridized carbons (Fsp3) is 0.316. The van der Waals surface area contributed by atoms with Crippen LogP contribution in [0.15, 0.2) is 46.0 Å². The first-order valence-corrected chi connectivity index (χ1v) is 9.82. The third kappa shape index (κ3) is 3.61. The topological polar surface area (TPSA) is 54.8 Å². The first kappa shape index (κ1) is 19.5. The number of nitrogens with zero attached hydrogens (tertiary/aromatic N) is 3. The number of hydrogen-bond acceptors (Lipinski definition) is 6. The smallest absolute Gasteiger partial charge is 0.338 e. The Morgan fingerprint density at radius 3 is 2.81 bits per heavy atom.